The van der Waals surface area contributed by atoms with E-state index >= 15 is 0 Å². The van der Waals surface area contributed by atoms with E-state index in [0.29, 0.717) is 11.1 Å². The Kier molecular flexibility index (Phi) is 3.31. The number of nitriles is 1. The molecule has 0 aliphatic heterocycles. The van der Waals surface area contributed by atoms with Crippen LogP contribution in [0, 0.1) is 23.2 Å². The molecule has 0 unspecified atom stereocenters. The van der Waals surface area contributed by atoms with Crippen molar-refractivity contribution in [3.63, 3.8) is 0 Å². The molecule has 0 spiro atoms. The second-order valence-electron chi connectivity index (χ2n) is 5.86. The molecule has 1 fully saturated rings. The van der Waals surface area contributed by atoms with Crippen molar-refractivity contribution in [2.45, 2.75) is 32.6 Å². The minimum atomic E-state index is 0.122. The zero-order valence-corrected chi connectivity index (χ0v) is 11.6. The van der Waals surface area contributed by atoms with E-state index in [-0.39, 0.29) is 11.7 Å². The monoisotopic (exact) mass is 266 g/mol. The first-order valence-electron chi connectivity index (χ1n) is 7.25. The number of aromatic nitrogens is 1. The van der Waals surface area contributed by atoms with Gasteiger partial charge in [0, 0.05) is 28.6 Å². The lowest BCUT2D eigenvalue weighted by molar-refractivity contribution is 0.0877. The van der Waals surface area contributed by atoms with Gasteiger partial charge in [-0.3, -0.25) is 4.79 Å². The molecule has 0 saturated heterocycles. The number of nitrogens with zero attached hydrogens (tertiary/aromatic N) is 1. The van der Waals surface area contributed by atoms with E-state index in [1.165, 1.54) is 0 Å². The summed E-state index contributed by atoms with van der Waals surface area (Å²) in [5.41, 5.74) is 2.14. The molecule has 1 heterocycles. The smallest absolute Gasteiger partial charge is 0.168 e. The van der Waals surface area contributed by atoms with Crippen LogP contribution in [0.2, 0.25) is 0 Å². The number of nitrogens with one attached hydrogen (secondary N) is 1. The molecule has 102 valence electrons. The highest BCUT2D eigenvalue weighted by molar-refractivity contribution is 6.10. The Morgan fingerprint density at radius 2 is 2.05 bits per heavy atom. The molecule has 1 aromatic carbocycles. The Labute approximate surface area is 118 Å². The first-order chi connectivity index (χ1) is 9.70. The molecule has 3 nitrogen and oxygen atoms in total. The van der Waals surface area contributed by atoms with Crippen LogP contribution in [0.15, 0.2) is 24.4 Å². The lowest BCUT2D eigenvalue weighted by Crippen LogP contribution is -2.20. The van der Waals surface area contributed by atoms with Crippen molar-refractivity contribution in [3.8, 4) is 6.07 Å². The lowest BCUT2D eigenvalue weighted by Gasteiger charge is -2.24. The molecular formula is C17H18N2O. The summed E-state index contributed by atoms with van der Waals surface area (Å²) in [5.74, 6) is 1.06. The van der Waals surface area contributed by atoms with Gasteiger partial charge in [-0.05, 0) is 30.9 Å². The third-order valence-corrected chi connectivity index (χ3v) is 4.48. The van der Waals surface area contributed by atoms with Crippen LogP contribution in [0.1, 0.15) is 48.5 Å². The molecule has 3 heteroatoms. The van der Waals surface area contributed by atoms with Crippen LogP contribution in [0.25, 0.3) is 10.9 Å². The number of hydrogen-bond donors (Lipinski definition) is 1. The highest BCUT2D eigenvalue weighted by Gasteiger charge is 2.27. The largest absolute Gasteiger partial charge is 0.360 e. The molecule has 0 amide bonds. The summed E-state index contributed by atoms with van der Waals surface area (Å²) in [6.07, 6.45) is 5.97. The zero-order valence-electron chi connectivity index (χ0n) is 11.6. The van der Waals surface area contributed by atoms with Crippen molar-refractivity contribution < 1.29 is 4.79 Å². The minimum absolute atomic E-state index is 0.122. The van der Waals surface area contributed by atoms with E-state index < -0.39 is 0 Å². The average molecular weight is 266 g/mol. The van der Waals surface area contributed by atoms with Gasteiger partial charge in [0.25, 0.3) is 0 Å². The zero-order chi connectivity index (χ0) is 14.1. The molecule has 3 rings (SSSR count). The van der Waals surface area contributed by atoms with Gasteiger partial charge in [-0.2, -0.15) is 5.26 Å². The van der Waals surface area contributed by atoms with Gasteiger partial charge in [-0.15, -0.1) is 0 Å². The number of ketones is 1. The van der Waals surface area contributed by atoms with E-state index in [9.17, 15) is 10.1 Å². The number of hydrogen-bond acceptors (Lipinski definition) is 2. The van der Waals surface area contributed by atoms with Crippen LogP contribution in [-0.2, 0) is 0 Å². The minimum Gasteiger partial charge on any atom is -0.360 e. The first kappa shape index (κ1) is 12.9. The quantitative estimate of drug-likeness (QED) is 0.834. The van der Waals surface area contributed by atoms with Crippen molar-refractivity contribution in [2.75, 3.05) is 0 Å². The maximum absolute atomic E-state index is 12.7. The summed E-state index contributed by atoms with van der Waals surface area (Å²) < 4.78 is 0. The molecule has 0 atom stereocenters. The van der Waals surface area contributed by atoms with E-state index in [0.717, 1.165) is 42.5 Å². The summed E-state index contributed by atoms with van der Waals surface area (Å²) in [6, 6.07) is 7.72. The summed E-state index contributed by atoms with van der Waals surface area (Å²) in [6.45, 7) is 2.25. The van der Waals surface area contributed by atoms with E-state index in [1.807, 2.05) is 12.1 Å². The summed E-state index contributed by atoms with van der Waals surface area (Å²) in [7, 11) is 0. The molecule has 1 aliphatic carbocycles. The number of carbonyl (C=O) groups is 1. The summed E-state index contributed by atoms with van der Waals surface area (Å²) in [5, 5.41) is 10.0. The average Bonchev–Trinajstić information content (AvgIpc) is 2.91. The normalized spacial score (nSPS) is 22.6. The summed E-state index contributed by atoms with van der Waals surface area (Å²) in [4.78, 5) is 15.8. The van der Waals surface area contributed by atoms with Crippen LogP contribution in [0.5, 0.6) is 0 Å². The van der Waals surface area contributed by atoms with Gasteiger partial charge in [0.15, 0.2) is 5.78 Å². The van der Waals surface area contributed by atoms with E-state index in [2.05, 4.69) is 18.0 Å². The predicted molar refractivity (Wildman–Crippen MR) is 78.5 cm³/mol. The Balaban J connectivity index is 1.98. The van der Waals surface area contributed by atoms with Gasteiger partial charge in [-0.25, -0.2) is 0 Å². The van der Waals surface area contributed by atoms with Crippen LogP contribution in [0.3, 0.4) is 0 Å². The molecule has 1 aliphatic rings. The number of carbonyl (C=O) groups excluding carboxylic acids is 1. The fourth-order valence-electron chi connectivity index (χ4n) is 3.21. The van der Waals surface area contributed by atoms with Gasteiger partial charge in [0.2, 0.25) is 0 Å². The highest BCUT2D eigenvalue weighted by atomic mass is 16.1. The van der Waals surface area contributed by atoms with Gasteiger partial charge < -0.3 is 4.98 Å². The molecule has 1 aromatic heterocycles. The van der Waals surface area contributed by atoms with Crippen LogP contribution >= 0.6 is 0 Å². The number of benzene rings is 1. The number of rotatable bonds is 2. The van der Waals surface area contributed by atoms with Gasteiger partial charge >= 0.3 is 0 Å². The Hall–Kier alpha value is -2.08. The molecule has 1 N–H and O–H groups in total. The topological polar surface area (TPSA) is 56.6 Å². The number of aromatic amines is 1. The van der Waals surface area contributed by atoms with Crippen LogP contribution in [0.4, 0.5) is 0 Å². The van der Waals surface area contributed by atoms with Crippen LogP contribution < -0.4 is 0 Å². The van der Waals surface area contributed by atoms with Gasteiger partial charge in [-0.1, -0.05) is 25.8 Å². The van der Waals surface area contributed by atoms with Crippen molar-refractivity contribution >= 4 is 16.7 Å². The standard InChI is InChI=1S/C17H18N2O/c1-11-5-7-12(8-6-11)17(20)14-10-19-15-4-2-3-13(9-18)16(14)15/h2-4,10-12,19H,5-8H2,1H3. The Bertz CT molecular complexity index is 685. The molecule has 0 radical (unpaired) electrons. The predicted octanol–water partition coefficient (Wildman–Crippen LogP) is 4.05. The van der Waals surface area contributed by atoms with Gasteiger partial charge in [0.1, 0.15) is 0 Å². The maximum atomic E-state index is 12.7. The number of fused-ring (bicyclic) bond motifs is 1. The molecular weight excluding hydrogens is 248 g/mol. The fraction of sp³-hybridized carbons (Fsp3) is 0.412. The van der Waals surface area contributed by atoms with Crippen molar-refractivity contribution in [1.29, 1.82) is 5.26 Å². The van der Waals surface area contributed by atoms with Crippen molar-refractivity contribution in [3.05, 3.63) is 35.5 Å². The first-order valence-corrected chi connectivity index (χ1v) is 7.25. The number of Topliss-reactive ketones (excluding diaryl/α,β-unsaturated/α-hetero) is 1. The molecule has 1 saturated carbocycles. The van der Waals surface area contributed by atoms with Crippen molar-refractivity contribution in [1.82, 2.24) is 4.98 Å². The maximum Gasteiger partial charge on any atom is 0.168 e. The summed E-state index contributed by atoms with van der Waals surface area (Å²) >= 11 is 0. The molecule has 20 heavy (non-hydrogen) atoms. The SMILES string of the molecule is CC1CCC(C(=O)c2c[nH]c3cccc(C#N)c23)CC1. The van der Waals surface area contributed by atoms with Gasteiger partial charge in [0.05, 0.1) is 11.6 Å². The van der Waals surface area contributed by atoms with Crippen LogP contribution in [-0.4, -0.2) is 10.8 Å². The second kappa shape index (κ2) is 5.13. The number of H-pyrrole nitrogens is 1. The molecule has 0 bridgehead atoms. The fourth-order valence-corrected chi connectivity index (χ4v) is 3.21. The highest BCUT2D eigenvalue weighted by Crippen LogP contribution is 2.33. The van der Waals surface area contributed by atoms with E-state index in [4.69, 9.17) is 0 Å². The lowest BCUT2D eigenvalue weighted by atomic mass is 9.79. The second-order valence-corrected chi connectivity index (χ2v) is 5.86. The molecule has 2 aromatic rings. The van der Waals surface area contributed by atoms with Crippen molar-refractivity contribution in [2.24, 2.45) is 11.8 Å². The third-order valence-electron chi connectivity index (χ3n) is 4.48. The Morgan fingerprint density at radius 1 is 1.30 bits per heavy atom. The third kappa shape index (κ3) is 2.12. The Morgan fingerprint density at radius 3 is 2.75 bits per heavy atom. The van der Waals surface area contributed by atoms with E-state index in [1.54, 1.807) is 12.3 Å².